The largest absolute Gasteiger partial charge is 0.377 e. The van der Waals surface area contributed by atoms with E-state index in [9.17, 15) is 0 Å². The number of rotatable bonds is 4. The van der Waals surface area contributed by atoms with E-state index in [1.807, 2.05) is 0 Å². The summed E-state index contributed by atoms with van der Waals surface area (Å²) in [5.41, 5.74) is 0.368. The maximum atomic E-state index is 5.43. The molecule has 0 radical (unpaired) electrons. The first-order valence-corrected chi connectivity index (χ1v) is 6.89. The van der Waals surface area contributed by atoms with E-state index in [-0.39, 0.29) is 5.60 Å². The minimum absolute atomic E-state index is 0.0573. The van der Waals surface area contributed by atoms with Gasteiger partial charge >= 0.3 is 0 Å². The third-order valence-electron chi connectivity index (χ3n) is 3.45. The molecule has 1 fully saturated rings. The first-order chi connectivity index (χ1) is 6.87. The zero-order chi connectivity index (χ0) is 11.5. The predicted octanol–water partition coefficient (Wildman–Crippen LogP) is 2.53. The second-order valence-electron chi connectivity index (χ2n) is 5.71. The molecule has 0 saturated carbocycles. The van der Waals surface area contributed by atoms with Crippen LogP contribution in [0.15, 0.2) is 0 Å². The lowest BCUT2D eigenvalue weighted by Crippen LogP contribution is -2.51. The van der Waals surface area contributed by atoms with Gasteiger partial charge in [-0.05, 0) is 31.4 Å². The van der Waals surface area contributed by atoms with Gasteiger partial charge in [-0.3, -0.25) is 0 Å². The smallest absolute Gasteiger partial charge is 0.0746 e. The summed E-state index contributed by atoms with van der Waals surface area (Å²) in [6, 6.07) is 0.616. The molecule has 0 aromatic rings. The summed E-state index contributed by atoms with van der Waals surface area (Å²) >= 11 is 2.06. The lowest BCUT2D eigenvalue weighted by atomic mass is 9.82. The van der Waals surface area contributed by atoms with Gasteiger partial charge in [0.15, 0.2) is 0 Å². The zero-order valence-corrected chi connectivity index (χ0v) is 11.5. The number of hydrogen-bond acceptors (Lipinski definition) is 3. The fourth-order valence-corrected chi connectivity index (χ4v) is 3.35. The molecule has 0 aromatic heterocycles. The number of nitrogens with one attached hydrogen (secondary N) is 1. The summed E-state index contributed by atoms with van der Waals surface area (Å²) < 4.78 is 5.43. The number of hydrogen-bond donors (Lipinski definition) is 1. The van der Waals surface area contributed by atoms with E-state index in [0.29, 0.717) is 11.5 Å². The van der Waals surface area contributed by atoms with Gasteiger partial charge in [-0.25, -0.2) is 0 Å². The summed E-state index contributed by atoms with van der Waals surface area (Å²) in [5.74, 6) is 2.53. The Balaban J connectivity index is 2.43. The molecule has 0 bridgehead atoms. The minimum Gasteiger partial charge on any atom is -0.377 e. The van der Waals surface area contributed by atoms with Crippen molar-refractivity contribution in [2.24, 2.45) is 5.41 Å². The van der Waals surface area contributed by atoms with Crippen molar-refractivity contribution in [1.82, 2.24) is 5.32 Å². The summed E-state index contributed by atoms with van der Waals surface area (Å²) in [5, 5.41) is 3.66. The third-order valence-corrected chi connectivity index (χ3v) is 4.51. The topological polar surface area (TPSA) is 21.3 Å². The van der Waals surface area contributed by atoms with Crippen LogP contribution in [-0.4, -0.2) is 36.8 Å². The molecule has 1 N–H and O–H groups in total. The quantitative estimate of drug-likeness (QED) is 0.803. The van der Waals surface area contributed by atoms with Gasteiger partial charge in [-0.15, -0.1) is 0 Å². The van der Waals surface area contributed by atoms with Crippen molar-refractivity contribution in [2.45, 2.75) is 45.8 Å². The molecule has 1 saturated heterocycles. The van der Waals surface area contributed by atoms with Crippen molar-refractivity contribution in [3.8, 4) is 0 Å². The van der Waals surface area contributed by atoms with Crippen molar-refractivity contribution in [3.05, 3.63) is 0 Å². The number of methoxy groups -OCH3 is 1. The lowest BCUT2D eigenvalue weighted by Gasteiger charge is -2.40. The lowest BCUT2D eigenvalue weighted by molar-refractivity contribution is 0.0177. The molecule has 90 valence electrons. The van der Waals surface area contributed by atoms with Crippen molar-refractivity contribution < 1.29 is 4.74 Å². The monoisotopic (exact) mass is 231 g/mol. The van der Waals surface area contributed by atoms with E-state index < -0.39 is 0 Å². The van der Waals surface area contributed by atoms with Gasteiger partial charge in [0.05, 0.1) is 5.60 Å². The highest BCUT2D eigenvalue weighted by Gasteiger charge is 2.33. The van der Waals surface area contributed by atoms with Gasteiger partial charge in [0.2, 0.25) is 0 Å². The van der Waals surface area contributed by atoms with E-state index in [1.54, 1.807) is 7.11 Å². The van der Waals surface area contributed by atoms with Crippen molar-refractivity contribution in [1.29, 1.82) is 0 Å². The van der Waals surface area contributed by atoms with Gasteiger partial charge in [0.1, 0.15) is 0 Å². The maximum Gasteiger partial charge on any atom is 0.0746 e. The molecular formula is C12H25NOS. The Morgan fingerprint density at radius 2 is 2.13 bits per heavy atom. The van der Waals surface area contributed by atoms with E-state index in [2.05, 4.69) is 44.8 Å². The molecule has 0 aliphatic carbocycles. The Bertz CT molecular complexity index is 204. The molecule has 15 heavy (non-hydrogen) atoms. The molecule has 0 spiro atoms. The Kier molecular flexibility index (Phi) is 4.50. The van der Waals surface area contributed by atoms with Crippen LogP contribution >= 0.6 is 11.8 Å². The first kappa shape index (κ1) is 13.3. The van der Waals surface area contributed by atoms with Crippen LogP contribution in [0.3, 0.4) is 0 Å². The molecule has 1 unspecified atom stereocenters. The fraction of sp³-hybridized carbons (Fsp3) is 1.00. The molecular weight excluding hydrogens is 206 g/mol. The standard InChI is InChI=1S/C12H25NOS/c1-11(2)6-7-15-8-10(11)13-9-12(3,4)14-5/h10,13H,6-9H2,1-5H3. The van der Waals surface area contributed by atoms with Crippen LogP contribution in [0.2, 0.25) is 0 Å². The number of thioether (sulfide) groups is 1. The molecule has 1 aliphatic heterocycles. The van der Waals surface area contributed by atoms with E-state index in [4.69, 9.17) is 4.74 Å². The van der Waals surface area contributed by atoms with Crippen LogP contribution in [0, 0.1) is 5.41 Å². The van der Waals surface area contributed by atoms with Crippen LogP contribution in [0.4, 0.5) is 0 Å². The molecule has 0 aromatic carbocycles. The summed E-state index contributed by atoms with van der Waals surface area (Å²) in [7, 11) is 1.78. The molecule has 1 aliphatic rings. The Labute approximate surface area is 98.5 Å². The van der Waals surface area contributed by atoms with Gasteiger partial charge in [-0.2, -0.15) is 11.8 Å². The highest BCUT2D eigenvalue weighted by molar-refractivity contribution is 7.99. The Morgan fingerprint density at radius 3 is 2.67 bits per heavy atom. The molecule has 1 atom stereocenters. The molecule has 2 nitrogen and oxygen atoms in total. The van der Waals surface area contributed by atoms with Crippen LogP contribution in [-0.2, 0) is 4.74 Å². The highest BCUT2D eigenvalue weighted by Crippen LogP contribution is 2.34. The summed E-state index contributed by atoms with van der Waals surface area (Å²) in [6.07, 6.45) is 1.31. The van der Waals surface area contributed by atoms with Crippen molar-refractivity contribution in [3.63, 3.8) is 0 Å². The van der Waals surface area contributed by atoms with Crippen LogP contribution in [0.1, 0.15) is 34.1 Å². The van der Waals surface area contributed by atoms with Crippen molar-refractivity contribution in [2.75, 3.05) is 25.2 Å². The maximum absolute atomic E-state index is 5.43. The average molecular weight is 231 g/mol. The van der Waals surface area contributed by atoms with E-state index in [1.165, 1.54) is 17.9 Å². The van der Waals surface area contributed by atoms with E-state index in [0.717, 1.165) is 6.54 Å². The van der Waals surface area contributed by atoms with Crippen molar-refractivity contribution >= 4 is 11.8 Å². The summed E-state index contributed by atoms with van der Waals surface area (Å²) in [6.45, 7) is 9.92. The molecule has 3 heteroatoms. The molecule has 0 amide bonds. The third kappa shape index (κ3) is 3.97. The van der Waals surface area contributed by atoms with Gasteiger partial charge in [0.25, 0.3) is 0 Å². The second-order valence-corrected chi connectivity index (χ2v) is 6.86. The summed E-state index contributed by atoms with van der Waals surface area (Å²) in [4.78, 5) is 0. The minimum atomic E-state index is -0.0573. The van der Waals surface area contributed by atoms with E-state index >= 15 is 0 Å². The zero-order valence-electron chi connectivity index (χ0n) is 10.7. The average Bonchev–Trinajstić information content (AvgIpc) is 2.16. The van der Waals surface area contributed by atoms with Crippen LogP contribution in [0.25, 0.3) is 0 Å². The molecule has 1 rings (SSSR count). The Morgan fingerprint density at radius 1 is 1.47 bits per heavy atom. The SMILES string of the molecule is COC(C)(C)CNC1CSCCC1(C)C. The van der Waals surface area contributed by atoms with Crippen LogP contribution < -0.4 is 5.32 Å². The van der Waals surface area contributed by atoms with Gasteiger partial charge in [0, 0.05) is 25.4 Å². The first-order valence-electron chi connectivity index (χ1n) is 5.74. The fourth-order valence-electron chi connectivity index (χ4n) is 1.71. The normalized spacial score (nSPS) is 26.6. The number of ether oxygens (including phenoxy) is 1. The van der Waals surface area contributed by atoms with Crippen LogP contribution in [0.5, 0.6) is 0 Å². The highest BCUT2D eigenvalue weighted by atomic mass is 32.2. The molecule has 1 heterocycles. The Hall–Kier alpha value is 0.270. The second kappa shape index (κ2) is 5.07. The predicted molar refractivity (Wildman–Crippen MR) is 68.6 cm³/mol. The van der Waals surface area contributed by atoms with Gasteiger partial charge < -0.3 is 10.1 Å². The van der Waals surface area contributed by atoms with Gasteiger partial charge in [-0.1, -0.05) is 13.8 Å².